The Balaban J connectivity index is 2.70. The van der Waals surface area contributed by atoms with Crippen LogP contribution in [0.15, 0.2) is 18.2 Å². The van der Waals surface area contributed by atoms with E-state index in [9.17, 15) is 19.5 Å². The lowest BCUT2D eigenvalue weighted by Crippen LogP contribution is -2.47. The fourth-order valence-electron chi connectivity index (χ4n) is 3.23. The van der Waals surface area contributed by atoms with Crippen molar-refractivity contribution >= 4 is 17.9 Å². The van der Waals surface area contributed by atoms with E-state index in [1.165, 1.54) is 16.7 Å². The first-order valence-corrected chi connectivity index (χ1v) is 12.1. The smallest absolute Gasteiger partial charge is 0.339 e. The van der Waals surface area contributed by atoms with E-state index in [1.807, 2.05) is 0 Å². The minimum Gasteiger partial charge on any atom is -0.479 e. The topological polar surface area (TPSA) is 108 Å². The molecule has 198 valence electrons. The quantitative estimate of drug-likeness (QED) is 0.314. The lowest BCUT2D eigenvalue weighted by molar-refractivity contribution is -0.192. The van der Waals surface area contributed by atoms with Crippen LogP contribution in [0.25, 0.3) is 0 Å². The maximum Gasteiger partial charge on any atom is 0.339 e. The van der Waals surface area contributed by atoms with Gasteiger partial charge in [-0.15, -0.1) is 0 Å². The first-order chi connectivity index (χ1) is 16.1. The van der Waals surface area contributed by atoms with Crippen molar-refractivity contribution in [1.82, 2.24) is 0 Å². The minimum atomic E-state index is -1.62. The summed E-state index contributed by atoms with van der Waals surface area (Å²) in [7, 11) is 0. The molecule has 0 fully saturated rings. The number of benzene rings is 1. The van der Waals surface area contributed by atoms with Crippen LogP contribution < -0.4 is 0 Å². The van der Waals surface area contributed by atoms with Crippen LogP contribution in [0.4, 0.5) is 0 Å². The van der Waals surface area contributed by atoms with Crippen LogP contribution in [0.5, 0.6) is 0 Å². The van der Waals surface area contributed by atoms with Crippen molar-refractivity contribution < 1.29 is 38.4 Å². The van der Waals surface area contributed by atoms with Crippen molar-refractivity contribution in [3.63, 3.8) is 0 Å². The number of unbranched alkanes of at least 4 members (excludes halogenated alkanes) is 2. The summed E-state index contributed by atoms with van der Waals surface area (Å²) < 4.78 is 21.4. The molecule has 0 amide bonds. The summed E-state index contributed by atoms with van der Waals surface area (Å²) >= 11 is 0. The molecule has 0 aliphatic carbocycles. The van der Waals surface area contributed by atoms with E-state index in [2.05, 4.69) is 32.0 Å². The largest absolute Gasteiger partial charge is 0.479 e. The molecule has 0 spiro atoms. The van der Waals surface area contributed by atoms with Gasteiger partial charge in [0.25, 0.3) is 0 Å². The van der Waals surface area contributed by atoms with Gasteiger partial charge in [-0.1, -0.05) is 24.6 Å². The lowest BCUT2D eigenvalue weighted by Gasteiger charge is -2.27. The van der Waals surface area contributed by atoms with Gasteiger partial charge in [0.2, 0.25) is 0 Å². The zero-order chi connectivity index (χ0) is 26.8. The van der Waals surface area contributed by atoms with Crippen molar-refractivity contribution in [2.75, 3.05) is 13.2 Å². The maximum absolute atomic E-state index is 12.7. The number of esters is 2. The average Bonchev–Trinajstić information content (AvgIpc) is 2.68. The number of carboxylic acid groups (broad SMARTS) is 1. The number of aliphatic carboxylic acids is 1. The van der Waals surface area contributed by atoms with Gasteiger partial charge in [0.05, 0.1) is 0 Å². The number of rotatable bonds is 13. The van der Waals surface area contributed by atoms with Crippen LogP contribution in [0.1, 0.15) is 77.5 Å². The van der Waals surface area contributed by atoms with Crippen molar-refractivity contribution in [1.29, 1.82) is 0 Å². The highest BCUT2D eigenvalue weighted by atomic mass is 16.6. The second-order valence-corrected chi connectivity index (χ2v) is 10.7. The molecule has 0 heterocycles. The molecule has 0 bridgehead atoms. The Bertz CT molecular complexity index is 848. The van der Waals surface area contributed by atoms with Crippen LogP contribution in [0, 0.1) is 13.8 Å². The number of ether oxygens (including phenoxy) is 4. The monoisotopic (exact) mass is 494 g/mol. The van der Waals surface area contributed by atoms with Crippen LogP contribution in [-0.2, 0) is 39.8 Å². The molecular formula is C27H42O8. The molecule has 8 heteroatoms. The summed E-state index contributed by atoms with van der Waals surface area (Å²) in [5.41, 5.74) is 2.16. The fraction of sp³-hybridized carbons (Fsp3) is 0.667. The van der Waals surface area contributed by atoms with Crippen molar-refractivity contribution in [2.45, 2.75) is 104 Å². The van der Waals surface area contributed by atoms with Crippen molar-refractivity contribution in [3.8, 4) is 0 Å². The summed E-state index contributed by atoms with van der Waals surface area (Å²) in [6, 6.07) is 6.41. The van der Waals surface area contributed by atoms with Gasteiger partial charge in [0.1, 0.15) is 17.8 Å². The molecule has 1 aromatic rings. The Morgan fingerprint density at radius 3 is 2.00 bits per heavy atom. The number of carbonyl (C=O) groups is 3. The van der Waals surface area contributed by atoms with E-state index in [-0.39, 0.29) is 6.61 Å². The molecule has 0 saturated carbocycles. The van der Waals surface area contributed by atoms with E-state index in [0.717, 1.165) is 19.3 Å². The van der Waals surface area contributed by atoms with Crippen LogP contribution in [0.2, 0.25) is 0 Å². The van der Waals surface area contributed by atoms with E-state index < -0.39 is 47.9 Å². The molecule has 8 nitrogen and oxygen atoms in total. The van der Waals surface area contributed by atoms with Gasteiger partial charge in [0, 0.05) is 6.61 Å². The number of carboxylic acids is 1. The predicted octanol–water partition coefficient (Wildman–Crippen LogP) is 4.55. The zero-order valence-electron chi connectivity index (χ0n) is 22.4. The Kier molecular flexibility index (Phi) is 11.9. The predicted molar refractivity (Wildman–Crippen MR) is 132 cm³/mol. The molecule has 0 aliphatic heterocycles. The maximum atomic E-state index is 12.7. The van der Waals surface area contributed by atoms with Gasteiger partial charge in [-0.05, 0) is 91.3 Å². The van der Waals surface area contributed by atoms with E-state index in [0.29, 0.717) is 6.42 Å². The molecule has 2 atom stereocenters. The Hall–Kier alpha value is -2.45. The Labute approximate surface area is 209 Å². The SMILES string of the molecule is Cc1ccc(CCCCCO[C@@H](C(=O)O)[C@@H](OCC(=O)OC(C)(C)C)C(=O)OC(C)(C)C)cc1C. The highest BCUT2D eigenvalue weighted by molar-refractivity contribution is 5.85. The van der Waals surface area contributed by atoms with Gasteiger partial charge in [0.15, 0.2) is 12.2 Å². The molecular weight excluding hydrogens is 452 g/mol. The summed E-state index contributed by atoms with van der Waals surface area (Å²) in [5.74, 6) is -3.01. The van der Waals surface area contributed by atoms with Crippen LogP contribution >= 0.6 is 0 Å². The number of carbonyl (C=O) groups excluding carboxylic acids is 2. The summed E-state index contributed by atoms with van der Waals surface area (Å²) in [6.07, 6.45) is 0.0514. The Morgan fingerprint density at radius 1 is 0.829 bits per heavy atom. The van der Waals surface area contributed by atoms with Crippen LogP contribution in [-0.4, -0.2) is 59.6 Å². The van der Waals surface area contributed by atoms with Gasteiger partial charge in [-0.3, -0.25) is 0 Å². The fourth-order valence-corrected chi connectivity index (χ4v) is 3.23. The molecule has 1 N–H and O–H groups in total. The minimum absolute atomic E-state index is 0.124. The standard InChI is InChI=1S/C27H42O8/c1-18-13-14-20(16-19(18)2)12-10-9-11-15-32-22(24(29)30)23(25(31)35-27(6,7)8)33-17-21(28)34-26(3,4)5/h13-14,16,22-23H,9-12,15,17H2,1-8H3,(H,29,30)/t22-,23-/m1/s1. The molecule has 35 heavy (non-hydrogen) atoms. The molecule has 0 unspecified atom stereocenters. The third kappa shape index (κ3) is 12.7. The highest BCUT2D eigenvalue weighted by Crippen LogP contribution is 2.17. The molecule has 0 saturated heterocycles. The summed E-state index contributed by atoms with van der Waals surface area (Å²) in [5, 5.41) is 9.71. The third-order valence-corrected chi connectivity index (χ3v) is 4.94. The van der Waals surface area contributed by atoms with Gasteiger partial charge < -0.3 is 24.1 Å². The number of hydrogen-bond acceptors (Lipinski definition) is 7. The third-order valence-electron chi connectivity index (χ3n) is 4.94. The normalized spacial score (nSPS) is 13.7. The van der Waals surface area contributed by atoms with Gasteiger partial charge in [-0.2, -0.15) is 0 Å². The van der Waals surface area contributed by atoms with Crippen LogP contribution in [0.3, 0.4) is 0 Å². The highest BCUT2D eigenvalue weighted by Gasteiger charge is 2.39. The van der Waals surface area contributed by atoms with E-state index in [1.54, 1.807) is 41.5 Å². The second-order valence-electron chi connectivity index (χ2n) is 10.7. The summed E-state index contributed by atoms with van der Waals surface area (Å²) in [4.78, 5) is 36.7. The Morgan fingerprint density at radius 2 is 1.46 bits per heavy atom. The first kappa shape index (κ1) is 30.6. The zero-order valence-corrected chi connectivity index (χ0v) is 22.4. The number of aryl methyl sites for hydroxylation is 3. The van der Waals surface area contributed by atoms with E-state index in [4.69, 9.17) is 18.9 Å². The molecule has 1 aromatic carbocycles. The molecule has 0 aromatic heterocycles. The average molecular weight is 495 g/mol. The van der Waals surface area contributed by atoms with Gasteiger partial charge in [-0.25, -0.2) is 14.4 Å². The van der Waals surface area contributed by atoms with Gasteiger partial charge >= 0.3 is 17.9 Å². The lowest BCUT2D eigenvalue weighted by atomic mass is 10.0. The second kappa shape index (κ2) is 13.6. The number of hydrogen-bond donors (Lipinski definition) is 1. The summed E-state index contributed by atoms with van der Waals surface area (Å²) in [6.45, 7) is 13.7. The van der Waals surface area contributed by atoms with Crippen molar-refractivity contribution in [2.24, 2.45) is 0 Å². The molecule has 1 rings (SSSR count). The molecule has 0 radical (unpaired) electrons. The van der Waals surface area contributed by atoms with E-state index >= 15 is 0 Å². The molecule has 0 aliphatic rings. The van der Waals surface area contributed by atoms with Crippen molar-refractivity contribution in [3.05, 3.63) is 34.9 Å². The first-order valence-electron chi connectivity index (χ1n) is 12.1.